The molecule has 68 valence electrons. The van der Waals surface area contributed by atoms with Crippen molar-refractivity contribution in [2.75, 3.05) is 14.2 Å². The third kappa shape index (κ3) is 3.36. The summed E-state index contributed by atoms with van der Waals surface area (Å²) >= 11 is 0. The van der Waals surface area contributed by atoms with Gasteiger partial charge in [-0.05, 0) is 6.42 Å². The monoisotopic (exact) mass is 176 g/mol. The van der Waals surface area contributed by atoms with Crippen LogP contribution in [0.2, 0.25) is 5.04 Å². The molecule has 0 aromatic heterocycles. The van der Waals surface area contributed by atoms with Crippen LogP contribution in [0.5, 0.6) is 0 Å². The molecule has 11 heavy (non-hydrogen) atoms. The Balaban J connectivity index is 4.00. The lowest BCUT2D eigenvalue weighted by molar-refractivity contribution is 0.242. The van der Waals surface area contributed by atoms with Gasteiger partial charge in [-0.1, -0.05) is 27.2 Å². The minimum atomic E-state index is -1.42. The van der Waals surface area contributed by atoms with E-state index in [9.17, 15) is 0 Å². The van der Waals surface area contributed by atoms with E-state index in [0.29, 0.717) is 0 Å². The Morgan fingerprint density at radius 2 is 1.64 bits per heavy atom. The summed E-state index contributed by atoms with van der Waals surface area (Å²) in [5, 5.41) is 0.262. The van der Waals surface area contributed by atoms with Crippen LogP contribution in [-0.2, 0) is 8.85 Å². The summed E-state index contributed by atoms with van der Waals surface area (Å²) in [5.74, 6) is 0. The normalized spacial score (nSPS) is 12.5. The highest BCUT2D eigenvalue weighted by Gasteiger charge is 2.31. The van der Waals surface area contributed by atoms with E-state index in [1.54, 1.807) is 14.2 Å². The van der Waals surface area contributed by atoms with E-state index in [4.69, 9.17) is 8.85 Å². The highest BCUT2D eigenvalue weighted by Crippen LogP contribution is 2.34. The van der Waals surface area contributed by atoms with Gasteiger partial charge in [-0.25, -0.2) is 0 Å². The average molecular weight is 176 g/mol. The zero-order valence-electron chi connectivity index (χ0n) is 8.31. The van der Waals surface area contributed by atoms with E-state index >= 15 is 0 Å². The summed E-state index contributed by atoms with van der Waals surface area (Å²) in [7, 11) is 2.08. The van der Waals surface area contributed by atoms with Gasteiger partial charge in [0.25, 0.3) is 0 Å². The largest absolute Gasteiger partial charge is 0.400 e. The lowest BCUT2D eigenvalue weighted by Crippen LogP contribution is -2.32. The van der Waals surface area contributed by atoms with E-state index in [-0.39, 0.29) is 5.04 Å². The SMILES string of the molecule is CCCC(C)(C)[SiH](OC)OC. The first-order chi connectivity index (χ1) is 5.08. The van der Waals surface area contributed by atoms with Crippen LogP contribution in [0.4, 0.5) is 0 Å². The molecule has 0 amide bonds. The molecule has 0 spiro atoms. The van der Waals surface area contributed by atoms with Crippen LogP contribution in [0.3, 0.4) is 0 Å². The van der Waals surface area contributed by atoms with Crippen molar-refractivity contribution in [3.63, 3.8) is 0 Å². The fourth-order valence-electron chi connectivity index (χ4n) is 1.50. The topological polar surface area (TPSA) is 18.5 Å². The van der Waals surface area contributed by atoms with Crippen molar-refractivity contribution in [3.8, 4) is 0 Å². The molecule has 0 aliphatic rings. The molecule has 2 nitrogen and oxygen atoms in total. The summed E-state index contributed by atoms with van der Waals surface area (Å²) in [6.07, 6.45) is 2.38. The minimum Gasteiger partial charge on any atom is -0.400 e. The zero-order chi connectivity index (χ0) is 8.91. The van der Waals surface area contributed by atoms with Gasteiger partial charge in [0.15, 0.2) is 0 Å². The van der Waals surface area contributed by atoms with Gasteiger partial charge < -0.3 is 8.85 Å². The van der Waals surface area contributed by atoms with Crippen molar-refractivity contribution in [3.05, 3.63) is 0 Å². The Hall–Kier alpha value is 0.137. The molecule has 0 aromatic rings. The van der Waals surface area contributed by atoms with Gasteiger partial charge in [0.05, 0.1) is 0 Å². The second-order valence-corrected chi connectivity index (χ2v) is 6.71. The fraction of sp³-hybridized carbons (Fsp3) is 1.00. The van der Waals surface area contributed by atoms with Crippen molar-refractivity contribution < 1.29 is 8.85 Å². The second kappa shape index (κ2) is 4.90. The van der Waals surface area contributed by atoms with Gasteiger partial charge in [-0.15, -0.1) is 0 Å². The van der Waals surface area contributed by atoms with E-state index in [0.717, 1.165) is 0 Å². The maximum Gasteiger partial charge on any atom is 0.326 e. The van der Waals surface area contributed by atoms with Crippen LogP contribution in [0.1, 0.15) is 33.6 Å². The van der Waals surface area contributed by atoms with E-state index in [1.165, 1.54) is 12.8 Å². The summed E-state index contributed by atoms with van der Waals surface area (Å²) in [5.41, 5.74) is 0. The molecule has 0 unspecified atom stereocenters. The zero-order valence-corrected chi connectivity index (χ0v) is 9.46. The molecule has 0 radical (unpaired) electrons. The average Bonchev–Trinajstić information content (AvgIpc) is 1.89. The van der Waals surface area contributed by atoms with Gasteiger partial charge in [0.2, 0.25) is 0 Å². The quantitative estimate of drug-likeness (QED) is 0.597. The smallest absolute Gasteiger partial charge is 0.326 e. The molecule has 3 heteroatoms. The van der Waals surface area contributed by atoms with Crippen LogP contribution >= 0.6 is 0 Å². The molecule has 0 heterocycles. The molecular weight excluding hydrogens is 156 g/mol. The Kier molecular flexibility index (Phi) is 4.96. The first-order valence-electron chi connectivity index (χ1n) is 4.14. The van der Waals surface area contributed by atoms with E-state index in [1.807, 2.05) is 0 Å². The minimum absolute atomic E-state index is 0.262. The lowest BCUT2D eigenvalue weighted by Gasteiger charge is -2.29. The highest BCUT2D eigenvalue weighted by molar-refractivity contribution is 6.48. The Morgan fingerprint density at radius 1 is 1.18 bits per heavy atom. The van der Waals surface area contributed by atoms with Crippen molar-refractivity contribution in [2.45, 2.75) is 38.7 Å². The number of hydrogen-bond acceptors (Lipinski definition) is 2. The first-order valence-corrected chi connectivity index (χ1v) is 5.66. The number of hydrogen-bond donors (Lipinski definition) is 0. The molecule has 0 bridgehead atoms. The van der Waals surface area contributed by atoms with Crippen LogP contribution < -0.4 is 0 Å². The van der Waals surface area contributed by atoms with Gasteiger partial charge in [-0.3, -0.25) is 0 Å². The fourth-order valence-corrected chi connectivity index (χ4v) is 3.49. The summed E-state index contributed by atoms with van der Waals surface area (Å²) < 4.78 is 10.7. The van der Waals surface area contributed by atoms with Gasteiger partial charge in [0.1, 0.15) is 0 Å². The standard InChI is InChI=1S/C8H20O2Si/c1-6-7-8(2,3)11(9-4)10-5/h11H,6-7H2,1-5H3. The molecule has 0 saturated heterocycles. The van der Waals surface area contributed by atoms with Crippen molar-refractivity contribution in [2.24, 2.45) is 0 Å². The summed E-state index contributed by atoms with van der Waals surface area (Å²) in [4.78, 5) is 0. The molecule has 0 aromatic carbocycles. The van der Waals surface area contributed by atoms with E-state index < -0.39 is 9.28 Å². The summed E-state index contributed by atoms with van der Waals surface area (Å²) in [6.45, 7) is 6.64. The van der Waals surface area contributed by atoms with Crippen molar-refractivity contribution >= 4 is 9.28 Å². The van der Waals surface area contributed by atoms with Crippen molar-refractivity contribution in [1.29, 1.82) is 0 Å². The first kappa shape index (κ1) is 11.1. The molecule has 0 atom stereocenters. The van der Waals surface area contributed by atoms with Crippen LogP contribution in [-0.4, -0.2) is 23.5 Å². The Morgan fingerprint density at radius 3 is 1.91 bits per heavy atom. The molecule has 0 saturated carbocycles. The summed E-state index contributed by atoms with van der Waals surface area (Å²) in [6, 6.07) is 0. The van der Waals surface area contributed by atoms with Gasteiger partial charge in [-0.2, -0.15) is 0 Å². The molecule has 0 aliphatic heterocycles. The molecule has 0 N–H and O–H groups in total. The Bertz CT molecular complexity index is 100. The van der Waals surface area contributed by atoms with E-state index in [2.05, 4.69) is 20.8 Å². The van der Waals surface area contributed by atoms with Gasteiger partial charge >= 0.3 is 9.28 Å². The molecular formula is C8H20O2Si. The van der Waals surface area contributed by atoms with Crippen LogP contribution in [0.15, 0.2) is 0 Å². The molecule has 0 rings (SSSR count). The van der Waals surface area contributed by atoms with Crippen LogP contribution in [0.25, 0.3) is 0 Å². The molecule has 0 fully saturated rings. The van der Waals surface area contributed by atoms with Gasteiger partial charge in [0, 0.05) is 19.3 Å². The lowest BCUT2D eigenvalue weighted by atomic mass is 10.1. The molecule has 0 aliphatic carbocycles. The Labute approximate surface area is 71.7 Å². The number of rotatable bonds is 5. The highest BCUT2D eigenvalue weighted by atomic mass is 28.3. The third-order valence-electron chi connectivity index (χ3n) is 1.96. The van der Waals surface area contributed by atoms with Crippen molar-refractivity contribution in [1.82, 2.24) is 0 Å². The van der Waals surface area contributed by atoms with Crippen LogP contribution in [0, 0.1) is 0 Å². The maximum atomic E-state index is 5.33. The predicted molar refractivity (Wildman–Crippen MR) is 50.1 cm³/mol. The predicted octanol–water partition coefficient (Wildman–Crippen LogP) is 2.08. The third-order valence-corrected chi connectivity index (χ3v) is 4.38. The second-order valence-electron chi connectivity index (χ2n) is 3.54. The maximum absolute atomic E-state index is 5.33.